The Hall–Kier alpha value is -2.00. The van der Waals surface area contributed by atoms with E-state index in [9.17, 15) is 13.2 Å². The van der Waals surface area contributed by atoms with Gasteiger partial charge in [0.1, 0.15) is 11.5 Å². The standard InChI is InChI=1S/C22H28F3N5O/c1-13(2)30-21(27-20(28-30)14-4-5-18(26-12-14)22(23,24)25)19-16-10-15(11-17(16)19)29-6-3-8-31-9-7-29/h4-5,12-13,15-17,19H,3,6-11H2,1-2H3/t15?,16-,17+,19?. The van der Waals surface area contributed by atoms with Gasteiger partial charge >= 0.3 is 6.18 Å². The maximum Gasteiger partial charge on any atom is 0.433 e. The van der Waals surface area contributed by atoms with Crippen LogP contribution in [0.15, 0.2) is 18.3 Å². The van der Waals surface area contributed by atoms with Crippen molar-refractivity contribution in [2.75, 3.05) is 26.3 Å². The maximum atomic E-state index is 12.8. The molecule has 5 rings (SSSR count). The first kappa shape index (κ1) is 20.9. The average Bonchev–Trinajstić information content (AvgIpc) is 3.07. The lowest BCUT2D eigenvalue weighted by Gasteiger charge is -2.28. The van der Waals surface area contributed by atoms with Crippen LogP contribution in [-0.2, 0) is 10.9 Å². The average molecular weight is 435 g/mol. The molecule has 2 aromatic rings. The second-order valence-corrected chi connectivity index (χ2v) is 9.24. The molecule has 0 bridgehead atoms. The van der Waals surface area contributed by atoms with Crippen molar-refractivity contribution in [2.45, 2.75) is 57.3 Å². The van der Waals surface area contributed by atoms with Gasteiger partial charge in [0.15, 0.2) is 5.82 Å². The molecule has 0 amide bonds. The van der Waals surface area contributed by atoms with Gasteiger partial charge in [-0.05, 0) is 57.1 Å². The van der Waals surface area contributed by atoms with E-state index >= 15 is 0 Å². The number of nitrogens with zero attached hydrogens (tertiary/aromatic N) is 5. The Balaban J connectivity index is 1.33. The summed E-state index contributed by atoms with van der Waals surface area (Å²) in [6, 6.07) is 3.16. The molecule has 3 aliphatic rings. The maximum absolute atomic E-state index is 12.8. The van der Waals surface area contributed by atoms with Crippen molar-refractivity contribution in [2.24, 2.45) is 11.8 Å². The SMILES string of the molecule is CC(C)n1nc(-c2ccc(C(F)(F)F)nc2)nc1C1[C@H]2CC(N3CCCOCC3)C[C@@H]12. The second-order valence-electron chi connectivity index (χ2n) is 9.24. The van der Waals surface area contributed by atoms with Crippen LogP contribution in [0.1, 0.15) is 56.6 Å². The quantitative estimate of drug-likeness (QED) is 0.722. The predicted molar refractivity (Wildman–Crippen MR) is 108 cm³/mol. The van der Waals surface area contributed by atoms with Crippen LogP contribution in [0.3, 0.4) is 0 Å². The molecule has 2 saturated carbocycles. The summed E-state index contributed by atoms with van der Waals surface area (Å²) < 4.78 is 46.0. The molecular formula is C22H28F3N5O. The summed E-state index contributed by atoms with van der Waals surface area (Å²) in [6.07, 6.45) is 0.226. The van der Waals surface area contributed by atoms with Gasteiger partial charge in [0.05, 0.1) is 6.61 Å². The second kappa shape index (κ2) is 7.85. The van der Waals surface area contributed by atoms with Crippen molar-refractivity contribution in [3.63, 3.8) is 0 Å². The fourth-order valence-electron chi connectivity index (χ4n) is 5.38. The molecule has 9 heteroatoms. The smallest absolute Gasteiger partial charge is 0.380 e. The number of hydrogen-bond donors (Lipinski definition) is 0. The van der Waals surface area contributed by atoms with Crippen molar-refractivity contribution >= 4 is 0 Å². The highest BCUT2D eigenvalue weighted by molar-refractivity contribution is 5.53. The minimum absolute atomic E-state index is 0.138. The highest BCUT2D eigenvalue weighted by Crippen LogP contribution is 2.63. The van der Waals surface area contributed by atoms with E-state index in [1.807, 2.05) is 4.68 Å². The van der Waals surface area contributed by atoms with Crippen LogP contribution < -0.4 is 0 Å². The highest BCUT2D eigenvalue weighted by atomic mass is 19.4. The molecule has 31 heavy (non-hydrogen) atoms. The van der Waals surface area contributed by atoms with E-state index in [4.69, 9.17) is 9.72 Å². The number of halogens is 3. The van der Waals surface area contributed by atoms with Crippen LogP contribution in [0.2, 0.25) is 0 Å². The molecule has 4 atom stereocenters. The van der Waals surface area contributed by atoms with Gasteiger partial charge in [-0.3, -0.25) is 9.88 Å². The first-order valence-electron chi connectivity index (χ1n) is 11.1. The van der Waals surface area contributed by atoms with Gasteiger partial charge in [0.25, 0.3) is 0 Å². The Morgan fingerprint density at radius 2 is 1.87 bits per heavy atom. The number of aromatic nitrogens is 4. The first-order chi connectivity index (χ1) is 14.8. The van der Waals surface area contributed by atoms with Crippen LogP contribution in [-0.4, -0.2) is 57.0 Å². The van der Waals surface area contributed by atoms with E-state index in [1.54, 1.807) is 0 Å². The van der Waals surface area contributed by atoms with E-state index in [-0.39, 0.29) is 6.04 Å². The molecule has 0 spiro atoms. The summed E-state index contributed by atoms with van der Waals surface area (Å²) in [5.41, 5.74) is -0.386. The topological polar surface area (TPSA) is 56.1 Å². The van der Waals surface area contributed by atoms with Crippen LogP contribution in [0, 0.1) is 11.8 Å². The largest absolute Gasteiger partial charge is 0.433 e. The molecule has 3 heterocycles. The molecule has 1 saturated heterocycles. The van der Waals surface area contributed by atoms with Crippen molar-refractivity contribution < 1.29 is 17.9 Å². The monoisotopic (exact) mass is 435 g/mol. The zero-order valence-corrected chi connectivity index (χ0v) is 17.8. The number of hydrogen-bond acceptors (Lipinski definition) is 5. The molecule has 2 unspecified atom stereocenters. The third-order valence-electron chi connectivity index (χ3n) is 6.95. The minimum Gasteiger partial charge on any atom is -0.380 e. The highest BCUT2D eigenvalue weighted by Gasteiger charge is 2.59. The van der Waals surface area contributed by atoms with Crippen molar-refractivity contribution in [1.29, 1.82) is 0 Å². The zero-order valence-electron chi connectivity index (χ0n) is 17.8. The molecule has 0 aromatic carbocycles. The zero-order chi connectivity index (χ0) is 21.8. The Morgan fingerprint density at radius 1 is 1.10 bits per heavy atom. The molecule has 168 valence electrons. The van der Waals surface area contributed by atoms with Gasteiger partial charge in [-0.25, -0.2) is 9.67 Å². The molecule has 3 fully saturated rings. The summed E-state index contributed by atoms with van der Waals surface area (Å²) in [5.74, 6) is 3.06. The van der Waals surface area contributed by atoms with Crippen molar-refractivity contribution in [3.8, 4) is 11.4 Å². The number of rotatable bonds is 4. The molecule has 1 aliphatic heterocycles. The van der Waals surface area contributed by atoms with E-state index in [0.29, 0.717) is 35.2 Å². The molecule has 0 N–H and O–H groups in total. The van der Waals surface area contributed by atoms with Gasteiger partial charge in [0.2, 0.25) is 0 Å². The third-order valence-corrected chi connectivity index (χ3v) is 6.95. The minimum atomic E-state index is -4.45. The number of pyridine rings is 1. The summed E-state index contributed by atoms with van der Waals surface area (Å²) >= 11 is 0. The van der Waals surface area contributed by atoms with Crippen LogP contribution in [0.25, 0.3) is 11.4 Å². The van der Waals surface area contributed by atoms with E-state index in [1.165, 1.54) is 25.1 Å². The summed E-state index contributed by atoms with van der Waals surface area (Å²) in [5, 5.41) is 4.64. The fourth-order valence-corrected chi connectivity index (χ4v) is 5.38. The molecule has 0 radical (unpaired) electrons. The normalized spacial score (nSPS) is 29.2. The Bertz CT molecular complexity index is 906. The summed E-state index contributed by atoms with van der Waals surface area (Å²) in [4.78, 5) is 10.9. The molecule has 2 aromatic heterocycles. The Kier molecular flexibility index (Phi) is 5.29. The van der Waals surface area contributed by atoms with E-state index < -0.39 is 11.9 Å². The van der Waals surface area contributed by atoms with Crippen LogP contribution in [0.4, 0.5) is 13.2 Å². The van der Waals surface area contributed by atoms with Crippen LogP contribution in [0.5, 0.6) is 0 Å². The van der Waals surface area contributed by atoms with Gasteiger partial charge < -0.3 is 4.74 Å². The van der Waals surface area contributed by atoms with E-state index in [2.05, 4.69) is 28.8 Å². The lowest BCUT2D eigenvalue weighted by atomic mass is 10.0. The third kappa shape index (κ3) is 3.98. The molecular weight excluding hydrogens is 407 g/mol. The van der Waals surface area contributed by atoms with Gasteiger partial charge in [0, 0.05) is 49.5 Å². The van der Waals surface area contributed by atoms with Crippen LogP contribution >= 0.6 is 0 Å². The fraction of sp³-hybridized carbons (Fsp3) is 0.682. The number of fused-ring (bicyclic) bond motifs is 1. The Morgan fingerprint density at radius 3 is 2.52 bits per heavy atom. The summed E-state index contributed by atoms with van der Waals surface area (Å²) in [6.45, 7) is 7.93. The van der Waals surface area contributed by atoms with E-state index in [0.717, 1.165) is 44.6 Å². The van der Waals surface area contributed by atoms with Crippen molar-refractivity contribution in [3.05, 3.63) is 29.8 Å². The first-order valence-corrected chi connectivity index (χ1v) is 11.1. The number of ether oxygens (including phenoxy) is 1. The van der Waals surface area contributed by atoms with Crippen molar-refractivity contribution in [1.82, 2.24) is 24.6 Å². The lowest BCUT2D eigenvalue weighted by Crippen LogP contribution is -2.36. The lowest BCUT2D eigenvalue weighted by molar-refractivity contribution is -0.141. The molecule has 6 nitrogen and oxygen atoms in total. The predicted octanol–water partition coefficient (Wildman–Crippen LogP) is 4.15. The Labute approximate surface area is 179 Å². The van der Waals surface area contributed by atoms with Gasteiger partial charge in [-0.2, -0.15) is 18.3 Å². The summed E-state index contributed by atoms with van der Waals surface area (Å²) in [7, 11) is 0. The van der Waals surface area contributed by atoms with Gasteiger partial charge in [-0.15, -0.1) is 0 Å². The number of alkyl halides is 3. The molecule has 2 aliphatic carbocycles. The van der Waals surface area contributed by atoms with Gasteiger partial charge in [-0.1, -0.05) is 0 Å².